The van der Waals surface area contributed by atoms with Crippen LogP contribution in [-0.2, 0) is 0 Å². The zero-order chi connectivity index (χ0) is 27.4. The minimum absolute atomic E-state index is 1.03. The van der Waals surface area contributed by atoms with E-state index in [1.807, 2.05) is 0 Å². The number of rotatable bonds is 3. The fourth-order valence-corrected chi connectivity index (χ4v) is 5.85. The van der Waals surface area contributed by atoms with Gasteiger partial charge in [-0.25, -0.2) is 0 Å². The van der Waals surface area contributed by atoms with Gasteiger partial charge < -0.3 is 9.80 Å². The molecule has 0 saturated heterocycles. The van der Waals surface area contributed by atoms with Crippen molar-refractivity contribution >= 4 is 44.9 Å². The van der Waals surface area contributed by atoms with Gasteiger partial charge in [0.15, 0.2) is 0 Å². The second-order valence-corrected chi connectivity index (χ2v) is 10.9. The second-order valence-electron chi connectivity index (χ2n) is 10.9. The molecule has 3 heteroatoms. The van der Waals surface area contributed by atoms with Crippen molar-refractivity contribution in [2.75, 3.05) is 9.80 Å². The molecule has 0 atom stereocenters. The van der Waals surface area contributed by atoms with E-state index in [0.717, 1.165) is 39.8 Å². The summed E-state index contributed by atoms with van der Waals surface area (Å²) in [5.74, 6) is 0. The highest BCUT2D eigenvalue weighted by Crippen LogP contribution is 2.55. The first-order chi connectivity index (χ1) is 19.4. The normalized spacial score (nSPS) is 12.4. The van der Waals surface area contributed by atoms with Crippen LogP contribution in [0.4, 0.5) is 34.1 Å². The third kappa shape index (κ3) is 4.11. The molecule has 0 aliphatic carbocycles. The van der Waals surface area contributed by atoms with Gasteiger partial charge in [0.2, 0.25) is 0 Å². The molecule has 6 aromatic rings. The number of nitrogens with zero attached hydrogens (tertiary/aromatic N) is 3. The molecule has 0 bridgehead atoms. The van der Waals surface area contributed by atoms with Crippen LogP contribution >= 0.6 is 0 Å². The van der Waals surface area contributed by atoms with E-state index < -0.39 is 0 Å². The quantitative estimate of drug-likeness (QED) is 0.232. The van der Waals surface area contributed by atoms with E-state index in [4.69, 9.17) is 0 Å². The van der Waals surface area contributed by atoms with Gasteiger partial charge in [-0.05, 0) is 110 Å². The molecule has 0 saturated carbocycles. The molecule has 2 heterocycles. The largest absolute Gasteiger partial charge is 0.306 e. The van der Waals surface area contributed by atoms with Crippen LogP contribution in [0.2, 0.25) is 0 Å². The monoisotopic (exact) mass is 517 g/mol. The van der Waals surface area contributed by atoms with Gasteiger partial charge in [-0.15, -0.1) is 0 Å². The SMILES string of the molecule is Cc1ccc(N2c3ccc(-c4cc(C)nc(C)c4)cc3N(c3ccc(C)cc3)c3cc4ccccc4cc32)cc1. The molecular formula is C37H31N3. The summed E-state index contributed by atoms with van der Waals surface area (Å²) in [7, 11) is 0. The Morgan fingerprint density at radius 2 is 0.900 bits per heavy atom. The first kappa shape index (κ1) is 24.2. The fraction of sp³-hybridized carbons (Fsp3) is 0.108. The van der Waals surface area contributed by atoms with Crippen molar-refractivity contribution in [2.24, 2.45) is 0 Å². The van der Waals surface area contributed by atoms with Crippen LogP contribution in [0.5, 0.6) is 0 Å². The van der Waals surface area contributed by atoms with Gasteiger partial charge in [-0.1, -0.05) is 65.7 Å². The van der Waals surface area contributed by atoms with Crippen molar-refractivity contribution in [2.45, 2.75) is 27.7 Å². The predicted octanol–water partition coefficient (Wildman–Crippen LogP) is 10.4. The minimum Gasteiger partial charge on any atom is -0.306 e. The zero-order valence-corrected chi connectivity index (χ0v) is 23.3. The summed E-state index contributed by atoms with van der Waals surface area (Å²) in [6, 6.07) is 42.2. The standard InChI is InChI=1S/C37H31N3/c1-24-9-14-32(15-10-24)39-34-18-13-30(31-19-26(3)38-27(4)20-31)23-35(34)40(33-16-11-25(2)12-17-33)37-22-29-8-6-5-7-28(29)21-36(37)39/h5-23H,1-4H3. The molecule has 0 unspecified atom stereocenters. The number of anilines is 6. The summed E-state index contributed by atoms with van der Waals surface area (Å²) in [6.07, 6.45) is 0. The summed E-state index contributed by atoms with van der Waals surface area (Å²) >= 11 is 0. The van der Waals surface area contributed by atoms with Crippen molar-refractivity contribution in [3.05, 3.63) is 138 Å². The topological polar surface area (TPSA) is 19.4 Å². The smallest absolute Gasteiger partial charge is 0.0709 e. The Hall–Kier alpha value is -4.89. The number of benzene rings is 5. The molecule has 1 aromatic heterocycles. The third-order valence-corrected chi connectivity index (χ3v) is 7.78. The maximum Gasteiger partial charge on any atom is 0.0709 e. The first-order valence-electron chi connectivity index (χ1n) is 13.8. The zero-order valence-electron chi connectivity index (χ0n) is 23.3. The number of aromatic nitrogens is 1. The lowest BCUT2D eigenvalue weighted by Crippen LogP contribution is -2.24. The summed E-state index contributed by atoms with van der Waals surface area (Å²) in [4.78, 5) is 9.45. The highest BCUT2D eigenvalue weighted by atomic mass is 15.3. The van der Waals surface area contributed by atoms with Gasteiger partial charge in [0.25, 0.3) is 0 Å². The third-order valence-electron chi connectivity index (χ3n) is 7.78. The van der Waals surface area contributed by atoms with Gasteiger partial charge in [-0.2, -0.15) is 0 Å². The molecule has 0 spiro atoms. The molecule has 1 aliphatic rings. The highest BCUT2D eigenvalue weighted by molar-refractivity contribution is 6.06. The molecule has 0 amide bonds. The number of hydrogen-bond acceptors (Lipinski definition) is 3. The fourth-order valence-electron chi connectivity index (χ4n) is 5.85. The maximum atomic E-state index is 4.62. The van der Waals surface area contributed by atoms with Crippen LogP contribution in [0.15, 0.2) is 115 Å². The van der Waals surface area contributed by atoms with Crippen LogP contribution in [0, 0.1) is 27.7 Å². The predicted molar refractivity (Wildman–Crippen MR) is 169 cm³/mol. The Labute approximate surface area is 236 Å². The Morgan fingerprint density at radius 3 is 1.43 bits per heavy atom. The molecule has 40 heavy (non-hydrogen) atoms. The highest BCUT2D eigenvalue weighted by Gasteiger charge is 2.31. The molecule has 0 N–H and O–H groups in total. The number of fused-ring (bicyclic) bond motifs is 3. The maximum absolute atomic E-state index is 4.62. The van der Waals surface area contributed by atoms with Gasteiger partial charge >= 0.3 is 0 Å². The summed E-state index contributed by atoms with van der Waals surface area (Å²) in [6.45, 7) is 8.40. The molecule has 7 rings (SSSR count). The van der Waals surface area contributed by atoms with Crippen molar-refractivity contribution in [1.29, 1.82) is 0 Å². The Morgan fingerprint density at radius 1 is 0.425 bits per heavy atom. The van der Waals surface area contributed by atoms with Crippen LogP contribution in [0.1, 0.15) is 22.5 Å². The van der Waals surface area contributed by atoms with Crippen molar-refractivity contribution in [3.8, 4) is 11.1 Å². The average molecular weight is 518 g/mol. The van der Waals surface area contributed by atoms with Crippen LogP contribution in [0.3, 0.4) is 0 Å². The summed E-state index contributed by atoms with van der Waals surface area (Å²) < 4.78 is 0. The number of pyridine rings is 1. The lowest BCUT2D eigenvalue weighted by molar-refractivity contribution is 1.12. The lowest BCUT2D eigenvalue weighted by Gasteiger charge is -2.41. The Balaban J connectivity index is 1.54. The van der Waals surface area contributed by atoms with E-state index in [2.05, 4.69) is 158 Å². The first-order valence-corrected chi connectivity index (χ1v) is 13.8. The van der Waals surface area contributed by atoms with E-state index in [1.54, 1.807) is 0 Å². The van der Waals surface area contributed by atoms with Gasteiger partial charge in [-0.3, -0.25) is 4.98 Å². The summed E-state index contributed by atoms with van der Waals surface area (Å²) in [5.41, 5.74) is 13.8. The lowest BCUT2D eigenvalue weighted by atomic mass is 9.97. The minimum atomic E-state index is 1.03. The second kappa shape index (κ2) is 9.39. The molecular weight excluding hydrogens is 486 g/mol. The van der Waals surface area contributed by atoms with Crippen molar-refractivity contribution < 1.29 is 0 Å². The van der Waals surface area contributed by atoms with Gasteiger partial charge in [0, 0.05) is 22.8 Å². The van der Waals surface area contributed by atoms with E-state index in [1.165, 1.54) is 38.7 Å². The van der Waals surface area contributed by atoms with E-state index >= 15 is 0 Å². The summed E-state index contributed by atoms with van der Waals surface area (Å²) in [5, 5.41) is 2.45. The van der Waals surface area contributed by atoms with Crippen LogP contribution in [-0.4, -0.2) is 4.98 Å². The molecule has 3 nitrogen and oxygen atoms in total. The van der Waals surface area contributed by atoms with Gasteiger partial charge in [0.1, 0.15) is 0 Å². The van der Waals surface area contributed by atoms with E-state index in [0.29, 0.717) is 0 Å². The number of aryl methyl sites for hydroxylation is 4. The average Bonchev–Trinajstić information content (AvgIpc) is 2.95. The Kier molecular flexibility index (Phi) is 5.67. The molecule has 1 aliphatic heterocycles. The molecule has 0 fully saturated rings. The Bertz CT molecular complexity index is 1870. The molecule has 0 radical (unpaired) electrons. The van der Waals surface area contributed by atoms with Crippen LogP contribution in [0.25, 0.3) is 21.9 Å². The molecule has 5 aromatic carbocycles. The molecule has 194 valence electrons. The van der Waals surface area contributed by atoms with E-state index in [-0.39, 0.29) is 0 Å². The van der Waals surface area contributed by atoms with Crippen molar-refractivity contribution in [3.63, 3.8) is 0 Å². The van der Waals surface area contributed by atoms with E-state index in [9.17, 15) is 0 Å². The van der Waals surface area contributed by atoms with Crippen LogP contribution < -0.4 is 9.80 Å². The van der Waals surface area contributed by atoms with Gasteiger partial charge in [0.05, 0.1) is 22.7 Å². The number of hydrogen-bond donors (Lipinski definition) is 0. The van der Waals surface area contributed by atoms with Crippen molar-refractivity contribution in [1.82, 2.24) is 4.98 Å².